The summed E-state index contributed by atoms with van der Waals surface area (Å²) in [5.41, 5.74) is 6.96. The molecule has 4 aromatic heterocycles. The molecule has 366 valence electrons. The minimum absolute atomic E-state index is 0.0273. The fourth-order valence-corrected chi connectivity index (χ4v) is 10.9. The number of aryl methyl sites for hydroxylation is 2. The van der Waals surface area contributed by atoms with E-state index in [0.717, 1.165) is 127 Å². The molecule has 71 heavy (non-hydrogen) atoms. The van der Waals surface area contributed by atoms with Crippen molar-refractivity contribution in [3.8, 4) is 28.3 Å². The Kier molecular flexibility index (Phi) is 11.5. The number of carbonyl (C=O) groups is 5. The number of fused-ring (bicyclic) bond motifs is 3. The Hall–Kier alpha value is -7.41. The van der Waals surface area contributed by atoms with Crippen molar-refractivity contribution in [2.24, 2.45) is 5.92 Å². The predicted octanol–water partition coefficient (Wildman–Crippen LogP) is 5.48. The molecule has 0 radical (unpaired) electrons. The zero-order chi connectivity index (χ0) is 49.3. The van der Waals surface area contributed by atoms with Crippen LogP contribution >= 0.6 is 0 Å². The Balaban J connectivity index is 0.685. The number of ether oxygens (including phenoxy) is 1. The summed E-state index contributed by atoms with van der Waals surface area (Å²) in [6.07, 6.45) is 11.3. The minimum Gasteiger partial charge on any atom is -0.487 e. The number of likely N-dealkylation sites (tertiary alicyclic amines) is 1. The van der Waals surface area contributed by atoms with E-state index < -0.39 is 35.2 Å². The second-order valence-electron chi connectivity index (χ2n) is 20.8. The molecule has 11 rings (SSSR count). The van der Waals surface area contributed by atoms with Crippen molar-refractivity contribution in [3.63, 3.8) is 0 Å². The quantitative estimate of drug-likeness (QED) is 0.172. The maximum Gasteiger partial charge on any atom is 0.293 e. The molecule has 2 N–H and O–H groups in total. The van der Waals surface area contributed by atoms with Gasteiger partial charge in [0.05, 0.1) is 52.0 Å². The van der Waals surface area contributed by atoms with Crippen LogP contribution in [0.2, 0.25) is 0 Å². The average molecular weight is 960 g/mol. The standard InChI is InChI=1S/C52H57N13O6/c1-30-24-34(6-8-36(30)31(2)55-48(68)46-58-60-65(59-46)51(3,4)5)45-40-13-19-54-63(40)29-39(56-45)35-7-10-43(53-27-35)62-20-14-32(15-21-62)28-61-22-17-52(18-23-61)16-12-33-25-37-38(26-42(33)71-52)50(70)64(49(37)69)41-9-11-44(66)57-47(41)67/h6-8,10,13,19,24-27,29,31-32,41H,9,11-12,14-18,20-23,28H2,1-5H3,(H,55,68)(H,57,66,67)/t31-,41?/m1/s1. The molecule has 2 aromatic carbocycles. The molecular formula is C52H57N13O6. The van der Waals surface area contributed by atoms with Gasteiger partial charge in [-0.15, -0.1) is 10.2 Å². The van der Waals surface area contributed by atoms with Gasteiger partial charge in [-0.1, -0.05) is 12.1 Å². The lowest BCUT2D eigenvalue weighted by Crippen LogP contribution is -2.54. The highest BCUT2D eigenvalue weighted by molar-refractivity contribution is 6.23. The van der Waals surface area contributed by atoms with Crippen molar-refractivity contribution < 1.29 is 28.7 Å². The molecule has 5 aliphatic heterocycles. The van der Waals surface area contributed by atoms with Crippen LogP contribution in [-0.4, -0.2) is 123 Å². The molecule has 0 saturated carbocycles. The maximum absolute atomic E-state index is 13.5. The van der Waals surface area contributed by atoms with Crippen LogP contribution in [-0.2, 0) is 21.5 Å². The Labute approximate surface area is 410 Å². The molecule has 2 atom stereocenters. The van der Waals surface area contributed by atoms with Gasteiger partial charge in [0.25, 0.3) is 23.5 Å². The molecular weight excluding hydrogens is 903 g/mol. The van der Waals surface area contributed by atoms with E-state index in [4.69, 9.17) is 14.7 Å². The van der Waals surface area contributed by atoms with Crippen LogP contribution in [0.1, 0.15) is 127 Å². The number of hydrogen-bond donors (Lipinski definition) is 2. The van der Waals surface area contributed by atoms with E-state index >= 15 is 0 Å². The van der Waals surface area contributed by atoms with Crippen molar-refractivity contribution in [1.82, 2.24) is 60.2 Å². The predicted molar refractivity (Wildman–Crippen MR) is 260 cm³/mol. The second kappa shape index (κ2) is 17.8. The molecule has 19 heteroatoms. The first-order valence-electron chi connectivity index (χ1n) is 24.7. The zero-order valence-electron chi connectivity index (χ0n) is 40.6. The number of pyridine rings is 1. The Bertz CT molecular complexity index is 3120. The summed E-state index contributed by atoms with van der Waals surface area (Å²) in [7, 11) is 0. The van der Waals surface area contributed by atoms with E-state index in [-0.39, 0.29) is 41.8 Å². The maximum atomic E-state index is 13.5. The Morgan fingerprint density at radius 2 is 1.68 bits per heavy atom. The fourth-order valence-electron chi connectivity index (χ4n) is 10.9. The normalized spacial score (nSPS) is 20.0. The van der Waals surface area contributed by atoms with Gasteiger partial charge >= 0.3 is 0 Å². The Morgan fingerprint density at radius 3 is 2.38 bits per heavy atom. The third-order valence-electron chi connectivity index (χ3n) is 15.0. The van der Waals surface area contributed by atoms with Crippen LogP contribution in [0.25, 0.3) is 28.0 Å². The smallest absolute Gasteiger partial charge is 0.293 e. The third kappa shape index (κ3) is 8.69. The summed E-state index contributed by atoms with van der Waals surface area (Å²) >= 11 is 0. The fraction of sp³-hybridized carbons (Fsp3) is 0.442. The van der Waals surface area contributed by atoms with E-state index in [1.165, 1.54) is 4.80 Å². The summed E-state index contributed by atoms with van der Waals surface area (Å²) in [5.74, 6) is -0.204. The number of aromatic nitrogens is 8. The van der Waals surface area contributed by atoms with Crippen LogP contribution in [0.15, 0.2) is 67.1 Å². The average Bonchev–Trinajstić information content (AvgIpc) is 4.11. The van der Waals surface area contributed by atoms with Gasteiger partial charge in [0.15, 0.2) is 0 Å². The third-order valence-corrected chi connectivity index (χ3v) is 15.0. The molecule has 6 aromatic rings. The van der Waals surface area contributed by atoms with Gasteiger partial charge in [0.1, 0.15) is 23.2 Å². The van der Waals surface area contributed by atoms with E-state index in [9.17, 15) is 24.0 Å². The summed E-state index contributed by atoms with van der Waals surface area (Å²) in [6.45, 7) is 14.5. The molecule has 5 aliphatic rings. The first kappa shape index (κ1) is 46.0. The van der Waals surface area contributed by atoms with Gasteiger partial charge in [0, 0.05) is 56.5 Å². The first-order valence-corrected chi connectivity index (χ1v) is 24.7. The van der Waals surface area contributed by atoms with Crippen molar-refractivity contribution >= 4 is 40.9 Å². The number of hydrogen-bond acceptors (Lipinski definition) is 14. The van der Waals surface area contributed by atoms with E-state index in [0.29, 0.717) is 17.2 Å². The summed E-state index contributed by atoms with van der Waals surface area (Å²) in [4.78, 5) is 81.7. The second-order valence-corrected chi connectivity index (χ2v) is 20.8. The largest absolute Gasteiger partial charge is 0.487 e. The zero-order valence-corrected chi connectivity index (χ0v) is 40.6. The molecule has 3 fully saturated rings. The monoisotopic (exact) mass is 959 g/mol. The number of nitrogens with zero attached hydrogens (tertiary/aromatic N) is 11. The first-order chi connectivity index (χ1) is 34.1. The molecule has 1 spiro atoms. The summed E-state index contributed by atoms with van der Waals surface area (Å²) in [6, 6.07) is 14.4. The van der Waals surface area contributed by atoms with Gasteiger partial charge in [-0.25, -0.2) is 14.5 Å². The highest BCUT2D eigenvalue weighted by Gasteiger charge is 2.47. The Morgan fingerprint density at radius 1 is 0.915 bits per heavy atom. The number of piperidine rings is 3. The number of amides is 5. The number of anilines is 1. The highest BCUT2D eigenvalue weighted by atomic mass is 16.5. The van der Waals surface area contributed by atoms with Gasteiger partial charge in [-0.3, -0.25) is 34.2 Å². The minimum atomic E-state index is -0.996. The topological polar surface area (TPSA) is 215 Å². The van der Waals surface area contributed by atoms with Gasteiger partial charge < -0.3 is 19.9 Å². The molecule has 19 nitrogen and oxygen atoms in total. The number of benzene rings is 2. The van der Waals surface area contributed by atoms with Crippen molar-refractivity contribution in [2.45, 2.75) is 109 Å². The van der Waals surface area contributed by atoms with Crippen molar-refractivity contribution in [1.29, 1.82) is 0 Å². The molecule has 9 heterocycles. The van der Waals surface area contributed by atoms with Crippen LogP contribution in [0.3, 0.4) is 0 Å². The SMILES string of the molecule is Cc1cc(-c2nc(-c3ccc(N4CCC(CN5CCC6(CCc7cc8c(cc7O6)C(=O)N(C6CCC(=O)NC6=O)C8=O)CC5)CC4)nc3)cn3nccc23)ccc1[C@@H](C)NC(=O)c1nnn(C(C)(C)C)n1. The van der Waals surface area contributed by atoms with Crippen molar-refractivity contribution in [3.05, 3.63) is 101 Å². The van der Waals surface area contributed by atoms with Crippen molar-refractivity contribution in [2.75, 3.05) is 37.6 Å². The lowest BCUT2D eigenvalue weighted by Gasteiger charge is -2.45. The summed E-state index contributed by atoms with van der Waals surface area (Å²) < 4.78 is 8.59. The summed E-state index contributed by atoms with van der Waals surface area (Å²) in [5, 5.41) is 22.1. The molecule has 3 saturated heterocycles. The van der Waals surface area contributed by atoms with Crippen LogP contribution in [0, 0.1) is 12.8 Å². The molecule has 0 bridgehead atoms. The highest BCUT2D eigenvalue weighted by Crippen LogP contribution is 2.43. The van der Waals surface area contributed by atoms with Crippen LogP contribution in [0.4, 0.5) is 5.82 Å². The number of carbonyl (C=O) groups excluding carboxylic acids is 5. The molecule has 0 aliphatic carbocycles. The number of rotatable bonds is 9. The van der Waals surface area contributed by atoms with E-state index in [2.05, 4.69) is 59.1 Å². The van der Waals surface area contributed by atoms with Crippen LogP contribution in [0.5, 0.6) is 5.75 Å². The molecule has 5 amide bonds. The number of imide groups is 2. The van der Waals surface area contributed by atoms with Gasteiger partial charge in [0.2, 0.25) is 11.8 Å². The molecule has 1 unspecified atom stereocenters. The number of nitrogens with one attached hydrogen (secondary N) is 2. The van der Waals surface area contributed by atoms with E-state index in [1.807, 2.05) is 69.7 Å². The van der Waals surface area contributed by atoms with E-state index in [1.54, 1.807) is 18.3 Å². The van der Waals surface area contributed by atoms with Gasteiger partial charge in [-0.05, 0) is 144 Å². The van der Waals surface area contributed by atoms with Crippen LogP contribution < -0.4 is 20.3 Å². The lowest BCUT2D eigenvalue weighted by molar-refractivity contribution is -0.136. The number of tetrazole rings is 1. The van der Waals surface area contributed by atoms with Gasteiger partial charge in [-0.2, -0.15) is 9.90 Å². The lowest BCUT2D eigenvalue weighted by atomic mass is 9.82.